The Balaban J connectivity index is 1.48. The van der Waals surface area contributed by atoms with E-state index < -0.39 is 5.60 Å². The number of cyclic esters (lactones) is 1. The van der Waals surface area contributed by atoms with Crippen molar-refractivity contribution in [2.45, 2.75) is 5.60 Å². The highest BCUT2D eigenvalue weighted by atomic mass is 16.6. The number of esters is 1. The molecule has 1 saturated heterocycles. The lowest BCUT2D eigenvalue weighted by Crippen LogP contribution is -2.36. The van der Waals surface area contributed by atoms with Crippen LogP contribution >= 0.6 is 0 Å². The Morgan fingerprint density at radius 3 is 1.98 bits per heavy atom. The second-order valence-corrected chi connectivity index (χ2v) is 11.0. The molecule has 0 saturated carbocycles. The van der Waals surface area contributed by atoms with E-state index in [2.05, 4.69) is 100 Å². The van der Waals surface area contributed by atoms with Gasteiger partial charge in [-0.05, 0) is 41.5 Å². The minimum Gasteiger partial charge on any atom is -0.439 e. The third-order valence-corrected chi connectivity index (χ3v) is 8.72. The summed E-state index contributed by atoms with van der Waals surface area (Å²) in [5, 5.41) is 0. The van der Waals surface area contributed by atoms with Crippen molar-refractivity contribution in [1.82, 2.24) is 4.40 Å². The number of pyridine rings is 1. The van der Waals surface area contributed by atoms with Crippen molar-refractivity contribution in [1.29, 1.82) is 0 Å². The molecular formula is C38H30N2O3. The lowest BCUT2D eigenvalue weighted by molar-refractivity contribution is 0.0238. The maximum absolute atomic E-state index is 13.7. The van der Waals surface area contributed by atoms with Crippen LogP contribution in [0.2, 0.25) is 0 Å². The second-order valence-electron chi connectivity index (χ2n) is 11.0. The Morgan fingerprint density at radius 2 is 1.26 bits per heavy atom. The third-order valence-electron chi connectivity index (χ3n) is 8.72. The molecule has 4 aromatic carbocycles. The molecule has 6 aromatic rings. The van der Waals surface area contributed by atoms with Gasteiger partial charge in [0.05, 0.1) is 30.0 Å². The monoisotopic (exact) mass is 562 g/mol. The molecule has 1 unspecified atom stereocenters. The van der Waals surface area contributed by atoms with E-state index >= 15 is 0 Å². The molecule has 8 rings (SSSR count). The van der Waals surface area contributed by atoms with Crippen molar-refractivity contribution in [3.8, 4) is 22.3 Å². The minimum absolute atomic E-state index is 0.320. The number of morpholine rings is 1. The molecule has 0 N–H and O–H groups in total. The van der Waals surface area contributed by atoms with E-state index in [9.17, 15) is 4.79 Å². The first-order chi connectivity index (χ1) is 21.3. The van der Waals surface area contributed by atoms with Gasteiger partial charge in [0.2, 0.25) is 5.60 Å². The summed E-state index contributed by atoms with van der Waals surface area (Å²) in [6, 6.07) is 43.5. The molecule has 2 aliphatic heterocycles. The quantitative estimate of drug-likeness (QED) is 0.203. The fourth-order valence-electron chi connectivity index (χ4n) is 6.81. The molecule has 210 valence electrons. The van der Waals surface area contributed by atoms with Gasteiger partial charge in [0.15, 0.2) is 0 Å². The Kier molecular flexibility index (Phi) is 6.12. The number of ether oxygens (including phenoxy) is 2. The number of hydrogen-bond donors (Lipinski definition) is 0. The summed E-state index contributed by atoms with van der Waals surface area (Å²) in [7, 11) is 0. The maximum Gasteiger partial charge on any atom is 0.340 e. The van der Waals surface area contributed by atoms with E-state index in [1.54, 1.807) is 0 Å². The van der Waals surface area contributed by atoms with Crippen LogP contribution in [0, 0.1) is 0 Å². The standard InChI is InChI=1S/C38H30N2O3/c41-37-31-15-7-8-16-32(31)38(43-37,29-18-20-30(21-19-29)39-23-25-42-26-24-39)36-35(28-13-5-2-6-14-28)34(27-11-3-1-4-12-27)33-17-9-10-22-40(33)36/h1-22H,23-26H2. The summed E-state index contributed by atoms with van der Waals surface area (Å²) < 4.78 is 14.5. The molecular weight excluding hydrogens is 532 g/mol. The van der Waals surface area contributed by atoms with Crippen molar-refractivity contribution in [2.24, 2.45) is 0 Å². The first-order valence-corrected chi connectivity index (χ1v) is 14.8. The topological polar surface area (TPSA) is 43.2 Å². The first kappa shape index (κ1) is 25.6. The molecule has 2 aliphatic rings. The van der Waals surface area contributed by atoms with Gasteiger partial charge in [0, 0.05) is 47.2 Å². The zero-order valence-corrected chi connectivity index (χ0v) is 23.6. The average molecular weight is 563 g/mol. The molecule has 1 fully saturated rings. The normalized spacial score (nSPS) is 18.0. The van der Waals surface area contributed by atoms with Crippen LogP contribution in [0.3, 0.4) is 0 Å². The van der Waals surface area contributed by atoms with Gasteiger partial charge in [-0.2, -0.15) is 0 Å². The lowest BCUT2D eigenvalue weighted by atomic mass is 9.79. The highest BCUT2D eigenvalue weighted by Crippen LogP contribution is 2.53. The van der Waals surface area contributed by atoms with Gasteiger partial charge >= 0.3 is 5.97 Å². The Bertz CT molecular complexity index is 1940. The van der Waals surface area contributed by atoms with Crippen LogP contribution in [0.1, 0.15) is 27.2 Å². The Labute approximate surface area is 250 Å². The fourth-order valence-corrected chi connectivity index (χ4v) is 6.81. The minimum atomic E-state index is -1.18. The molecule has 0 bridgehead atoms. The van der Waals surface area contributed by atoms with E-state index in [4.69, 9.17) is 9.47 Å². The zero-order chi connectivity index (χ0) is 28.8. The van der Waals surface area contributed by atoms with Gasteiger partial charge in [-0.3, -0.25) is 0 Å². The van der Waals surface area contributed by atoms with Crippen LogP contribution in [-0.2, 0) is 15.1 Å². The van der Waals surface area contributed by atoms with Crippen LogP contribution in [0.4, 0.5) is 5.69 Å². The summed E-state index contributed by atoms with van der Waals surface area (Å²) in [6.07, 6.45) is 2.09. The van der Waals surface area contributed by atoms with Gasteiger partial charge in [0.25, 0.3) is 0 Å². The van der Waals surface area contributed by atoms with E-state index in [-0.39, 0.29) is 5.97 Å². The molecule has 0 aliphatic carbocycles. The summed E-state index contributed by atoms with van der Waals surface area (Å²) in [5.74, 6) is -0.320. The van der Waals surface area contributed by atoms with Crippen LogP contribution in [-0.4, -0.2) is 36.7 Å². The van der Waals surface area contributed by atoms with Crippen molar-refractivity contribution in [2.75, 3.05) is 31.2 Å². The highest BCUT2D eigenvalue weighted by Gasteiger charge is 2.52. The van der Waals surface area contributed by atoms with Gasteiger partial charge in [0.1, 0.15) is 0 Å². The largest absolute Gasteiger partial charge is 0.439 e. The molecule has 1 atom stereocenters. The van der Waals surface area contributed by atoms with Gasteiger partial charge in [-0.25, -0.2) is 4.79 Å². The third kappa shape index (κ3) is 4.00. The van der Waals surface area contributed by atoms with Crippen LogP contribution < -0.4 is 4.90 Å². The SMILES string of the molecule is O=C1OC(c2ccc(N3CCOCC3)cc2)(c2c(-c3ccccc3)c(-c3ccccc3)c3ccccn23)c2ccccc21. The number of rotatable bonds is 5. The average Bonchev–Trinajstić information content (AvgIpc) is 3.59. The number of aromatic nitrogens is 1. The van der Waals surface area contributed by atoms with Crippen molar-refractivity contribution in [3.05, 3.63) is 156 Å². The van der Waals surface area contributed by atoms with Gasteiger partial charge in [-0.15, -0.1) is 0 Å². The van der Waals surface area contributed by atoms with E-state index in [0.717, 1.165) is 76.6 Å². The first-order valence-electron chi connectivity index (χ1n) is 14.8. The van der Waals surface area contributed by atoms with E-state index in [1.807, 2.05) is 42.5 Å². The Hall–Kier alpha value is -5.13. The van der Waals surface area contributed by atoms with Crippen LogP contribution in [0.25, 0.3) is 27.8 Å². The smallest absolute Gasteiger partial charge is 0.340 e. The second kappa shape index (κ2) is 10.3. The van der Waals surface area contributed by atoms with Crippen LogP contribution in [0.15, 0.2) is 134 Å². The van der Waals surface area contributed by atoms with E-state index in [1.165, 1.54) is 0 Å². The Morgan fingerprint density at radius 1 is 0.628 bits per heavy atom. The van der Waals surface area contributed by atoms with Crippen molar-refractivity contribution >= 4 is 17.2 Å². The number of anilines is 1. The summed E-state index contributed by atoms with van der Waals surface area (Å²) in [4.78, 5) is 16.1. The fraction of sp³-hybridized carbons (Fsp3) is 0.132. The summed E-state index contributed by atoms with van der Waals surface area (Å²) in [6.45, 7) is 3.14. The number of fused-ring (bicyclic) bond motifs is 2. The van der Waals surface area contributed by atoms with Gasteiger partial charge < -0.3 is 18.8 Å². The molecule has 43 heavy (non-hydrogen) atoms. The summed E-state index contributed by atoms with van der Waals surface area (Å²) >= 11 is 0. The molecule has 2 aromatic heterocycles. The molecule has 0 spiro atoms. The van der Waals surface area contributed by atoms with Gasteiger partial charge in [-0.1, -0.05) is 97.1 Å². The predicted octanol–water partition coefficient (Wildman–Crippen LogP) is 7.57. The lowest BCUT2D eigenvalue weighted by Gasteiger charge is -2.33. The molecule has 5 heteroatoms. The number of carbonyl (C=O) groups excluding carboxylic acids is 1. The maximum atomic E-state index is 13.7. The molecule has 5 nitrogen and oxygen atoms in total. The van der Waals surface area contributed by atoms with Crippen molar-refractivity contribution < 1.29 is 14.3 Å². The zero-order valence-electron chi connectivity index (χ0n) is 23.6. The number of benzene rings is 4. The molecule has 0 amide bonds. The predicted molar refractivity (Wildman–Crippen MR) is 169 cm³/mol. The summed E-state index contributed by atoms with van der Waals surface area (Å²) in [5.41, 5.74) is 8.56. The molecule has 4 heterocycles. The number of nitrogens with zero attached hydrogens (tertiary/aromatic N) is 2. The molecule has 0 radical (unpaired) electrons. The highest BCUT2D eigenvalue weighted by molar-refractivity contribution is 6.01. The van der Waals surface area contributed by atoms with Crippen molar-refractivity contribution in [3.63, 3.8) is 0 Å². The number of carbonyl (C=O) groups is 1. The van der Waals surface area contributed by atoms with Crippen LogP contribution in [0.5, 0.6) is 0 Å². The van der Waals surface area contributed by atoms with E-state index in [0.29, 0.717) is 5.56 Å². The number of hydrogen-bond acceptors (Lipinski definition) is 4.